The molecule has 0 aliphatic rings. The van der Waals surface area contributed by atoms with Gasteiger partial charge >= 0.3 is 11.9 Å². The fraction of sp³-hybridized carbons (Fsp3) is 0.150. The number of carbonyl (C=O) groups excluding carboxylic acids is 2. The summed E-state index contributed by atoms with van der Waals surface area (Å²) in [6.45, 7) is 1.36. The van der Waals surface area contributed by atoms with Gasteiger partial charge in [-0.25, -0.2) is 9.78 Å². The molecular weight excluding hydrogens is 348 g/mol. The first kappa shape index (κ1) is 16.8. The number of esters is 2. The minimum atomic E-state index is -0.532. The zero-order valence-corrected chi connectivity index (χ0v) is 14.7. The lowest BCUT2D eigenvalue weighted by Crippen LogP contribution is -2.05. The number of para-hydroxylation sites is 1. The van der Waals surface area contributed by atoms with Gasteiger partial charge in [-0.2, -0.15) is 0 Å². The normalized spacial score (nSPS) is 11.0. The van der Waals surface area contributed by atoms with Crippen LogP contribution in [-0.2, 0) is 20.9 Å². The van der Waals surface area contributed by atoms with Gasteiger partial charge < -0.3 is 18.9 Å². The van der Waals surface area contributed by atoms with Crippen molar-refractivity contribution in [1.82, 2.24) is 9.97 Å². The van der Waals surface area contributed by atoms with E-state index in [0.717, 1.165) is 21.8 Å². The van der Waals surface area contributed by atoms with Crippen molar-refractivity contribution in [2.75, 3.05) is 7.11 Å². The molecule has 0 spiro atoms. The van der Waals surface area contributed by atoms with E-state index < -0.39 is 11.9 Å². The number of ether oxygens (including phenoxy) is 2. The van der Waals surface area contributed by atoms with Crippen molar-refractivity contribution in [3.05, 3.63) is 53.9 Å². The molecule has 0 amide bonds. The number of hydrogen-bond donors (Lipinski definition) is 1. The second kappa shape index (κ2) is 6.60. The molecule has 3 aromatic heterocycles. The third-order valence-corrected chi connectivity index (χ3v) is 4.20. The van der Waals surface area contributed by atoms with E-state index in [9.17, 15) is 9.59 Å². The summed E-state index contributed by atoms with van der Waals surface area (Å²) in [6.07, 6.45) is 0. The number of nitrogens with zero attached hydrogens (tertiary/aromatic N) is 1. The van der Waals surface area contributed by atoms with Crippen LogP contribution in [0.4, 0.5) is 0 Å². The first-order chi connectivity index (χ1) is 13.1. The molecule has 0 fully saturated rings. The van der Waals surface area contributed by atoms with E-state index in [0.29, 0.717) is 17.2 Å². The summed E-state index contributed by atoms with van der Waals surface area (Å²) in [5.41, 5.74) is 2.34. The fourth-order valence-corrected chi connectivity index (χ4v) is 2.99. The van der Waals surface area contributed by atoms with Gasteiger partial charge in [0, 0.05) is 23.2 Å². The lowest BCUT2D eigenvalue weighted by atomic mass is 10.1. The fourth-order valence-electron chi connectivity index (χ4n) is 2.99. The third kappa shape index (κ3) is 3.03. The van der Waals surface area contributed by atoms with Gasteiger partial charge in [-0.05, 0) is 24.3 Å². The average Bonchev–Trinajstić information content (AvgIpc) is 3.29. The summed E-state index contributed by atoms with van der Waals surface area (Å²) in [4.78, 5) is 30.9. The minimum absolute atomic E-state index is 0.0296. The Hall–Kier alpha value is -3.61. The molecule has 0 bridgehead atoms. The highest BCUT2D eigenvalue weighted by atomic mass is 16.5. The monoisotopic (exact) mass is 364 g/mol. The molecule has 1 aromatic carbocycles. The molecule has 0 radical (unpaired) electrons. The van der Waals surface area contributed by atoms with Crippen LogP contribution in [0, 0.1) is 0 Å². The number of H-pyrrole nitrogens is 1. The number of hydrogen-bond acceptors (Lipinski definition) is 6. The van der Waals surface area contributed by atoms with Gasteiger partial charge in [0.15, 0.2) is 5.76 Å². The molecule has 7 heteroatoms. The Kier molecular flexibility index (Phi) is 4.12. The van der Waals surface area contributed by atoms with Crippen LogP contribution in [-0.4, -0.2) is 29.0 Å². The highest BCUT2D eigenvalue weighted by molar-refractivity contribution is 6.12. The van der Waals surface area contributed by atoms with Crippen LogP contribution in [0.1, 0.15) is 23.2 Å². The first-order valence-corrected chi connectivity index (χ1v) is 8.29. The van der Waals surface area contributed by atoms with Crippen molar-refractivity contribution < 1.29 is 23.5 Å². The van der Waals surface area contributed by atoms with Crippen molar-refractivity contribution in [2.45, 2.75) is 13.5 Å². The number of furan rings is 1. The van der Waals surface area contributed by atoms with E-state index in [2.05, 4.69) is 9.97 Å². The van der Waals surface area contributed by atoms with Gasteiger partial charge in [0.25, 0.3) is 0 Å². The van der Waals surface area contributed by atoms with Crippen LogP contribution < -0.4 is 0 Å². The molecule has 0 aliphatic carbocycles. The number of nitrogens with one attached hydrogen (secondary N) is 1. The molecule has 136 valence electrons. The van der Waals surface area contributed by atoms with Crippen molar-refractivity contribution >= 4 is 33.7 Å². The van der Waals surface area contributed by atoms with Gasteiger partial charge in [0.2, 0.25) is 0 Å². The highest BCUT2D eigenvalue weighted by Gasteiger charge is 2.19. The second-order valence-electron chi connectivity index (χ2n) is 5.99. The molecule has 4 rings (SSSR count). The molecule has 0 unspecified atom stereocenters. The van der Waals surface area contributed by atoms with Crippen molar-refractivity contribution in [2.24, 2.45) is 0 Å². The number of rotatable bonds is 4. The Labute approximate surface area is 153 Å². The van der Waals surface area contributed by atoms with Crippen molar-refractivity contribution in [3.63, 3.8) is 0 Å². The maximum absolute atomic E-state index is 12.1. The number of aromatic amines is 1. The highest BCUT2D eigenvalue weighted by Crippen LogP contribution is 2.33. The van der Waals surface area contributed by atoms with Crippen LogP contribution >= 0.6 is 0 Å². The van der Waals surface area contributed by atoms with Gasteiger partial charge in [0.05, 0.1) is 12.6 Å². The molecular formula is C20H16N2O5. The lowest BCUT2D eigenvalue weighted by molar-refractivity contribution is -0.142. The minimum Gasteiger partial charge on any atom is -0.464 e. The Morgan fingerprint density at radius 3 is 2.74 bits per heavy atom. The molecule has 3 heterocycles. The summed E-state index contributed by atoms with van der Waals surface area (Å²) < 4.78 is 15.6. The van der Waals surface area contributed by atoms with Crippen LogP contribution in [0.3, 0.4) is 0 Å². The smallest absolute Gasteiger partial charge is 0.356 e. The number of aromatic nitrogens is 2. The molecule has 1 N–H and O–H groups in total. The summed E-state index contributed by atoms with van der Waals surface area (Å²) in [5, 5.41) is 1.81. The molecule has 0 atom stereocenters. The van der Waals surface area contributed by atoms with E-state index in [1.54, 1.807) is 18.2 Å². The van der Waals surface area contributed by atoms with Gasteiger partial charge in [-0.15, -0.1) is 0 Å². The van der Waals surface area contributed by atoms with Crippen LogP contribution in [0.5, 0.6) is 0 Å². The maximum atomic E-state index is 12.1. The summed E-state index contributed by atoms with van der Waals surface area (Å²) >= 11 is 0. The molecule has 0 saturated heterocycles. The molecule has 4 aromatic rings. The van der Waals surface area contributed by atoms with Crippen molar-refractivity contribution in [1.29, 1.82) is 0 Å². The quantitative estimate of drug-likeness (QED) is 0.553. The van der Waals surface area contributed by atoms with Crippen LogP contribution in [0.25, 0.3) is 33.3 Å². The van der Waals surface area contributed by atoms with E-state index in [-0.39, 0.29) is 12.3 Å². The van der Waals surface area contributed by atoms with E-state index >= 15 is 0 Å². The second-order valence-corrected chi connectivity index (χ2v) is 5.99. The van der Waals surface area contributed by atoms with Crippen LogP contribution in [0.2, 0.25) is 0 Å². The average molecular weight is 364 g/mol. The lowest BCUT2D eigenvalue weighted by Gasteiger charge is -2.04. The zero-order valence-electron chi connectivity index (χ0n) is 14.7. The summed E-state index contributed by atoms with van der Waals surface area (Å²) in [6, 6.07) is 12.9. The molecule has 7 nitrogen and oxygen atoms in total. The topological polar surface area (TPSA) is 94.4 Å². The number of pyridine rings is 1. The third-order valence-electron chi connectivity index (χ3n) is 4.20. The number of methoxy groups -OCH3 is 1. The largest absolute Gasteiger partial charge is 0.464 e. The number of benzene rings is 1. The first-order valence-electron chi connectivity index (χ1n) is 8.29. The van der Waals surface area contributed by atoms with E-state index in [1.807, 2.05) is 24.3 Å². The standard InChI is InChI=1S/C20H16N2O5/c1-11(23)26-10-12-7-8-17(27-12)19-18-14(9-16(22-19)20(24)25-2)13-5-3-4-6-15(13)21-18/h3-9,21H,10H2,1-2H3. The Morgan fingerprint density at radius 2 is 1.96 bits per heavy atom. The Morgan fingerprint density at radius 1 is 1.15 bits per heavy atom. The summed E-state index contributed by atoms with van der Waals surface area (Å²) in [7, 11) is 1.31. The van der Waals surface area contributed by atoms with Crippen molar-refractivity contribution in [3.8, 4) is 11.5 Å². The predicted molar refractivity (Wildman–Crippen MR) is 98.1 cm³/mol. The Bertz CT molecular complexity index is 1170. The van der Waals surface area contributed by atoms with Gasteiger partial charge in [0.1, 0.15) is 23.8 Å². The molecule has 27 heavy (non-hydrogen) atoms. The van der Waals surface area contributed by atoms with Gasteiger partial charge in [-0.1, -0.05) is 18.2 Å². The predicted octanol–water partition coefficient (Wildman–Crippen LogP) is 3.83. The van der Waals surface area contributed by atoms with E-state index in [4.69, 9.17) is 13.9 Å². The Balaban J connectivity index is 1.90. The number of carbonyl (C=O) groups is 2. The summed E-state index contributed by atoms with van der Waals surface area (Å²) in [5.74, 6) is 0.0149. The van der Waals surface area contributed by atoms with Gasteiger partial charge in [-0.3, -0.25) is 4.79 Å². The zero-order chi connectivity index (χ0) is 19.0. The number of fused-ring (bicyclic) bond motifs is 3. The SMILES string of the molecule is COC(=O)c1cc2c([nH]c3ccccc32)c(-c2ccc(COC(C)=O)o2)n1. The maximum Gasteiger partial charge on any atom is 0.356 e. The molecule has 0 aliphatic heterocycles. The van der Waals surface area contributed by atoms with Crippen LogP contribution in [0.15, 0.2) is 46.9 Å². The molecule has 0 saturated carbocycles. The van der Waals surface area contributed by atoms with E-state index in [1.165, 1.54) is 14.0 Å².